The van der Waals surface area contributed by atoms with E-state index in [-0.39, 0.29) is 11.7 Å². The van der Waals surface area contributed by atoms with Gasteiger partial charge >= 0.3 is 0 Å². The second-order valence-electron chi connectivity index (χ2n) is 4.75. The molecule has 0 saturated heterocycles. The number of benzene rings is 1. The Labute approximate surface area is 105 Å². The fourth-order valence-electron chi connectivity index (χ4n) is 1.96. The monoisotopic (exact) mass is 233 g/mol. The summed E-state index contributed by atoms with van der Waals surface area (Å²) in [6, 6.07) is 9.56. The first kappa shape index (κ1) is 13.9. The lowest BCUT2D eigenvalue weighted by Gasteiger charge is -2.20. The van der Waals surface area contributed by atoms with E-state index >= 15 is 0 Å². The summed E-state index contributed by atoms with van der Waals surface area (Å²) < 4.78 is 0. The van der Waals surface area contributed by atoms with Gasteiger partial charge in [-0.25, -0.2) is 0 Å². The van der Waals surface area contributed by atoms with Gasteiger partial charge in [-0.05, 0) is 20.0 Å². The Hall–Kier alpha value is -1.15. The van der Waals surface area contributed by atoms with Crippen LogP contribution in [0.2, 0.25) is 0 Å². The van der Waals surface area contributed by atoms with Crippen LogP contribution in [0.25, 0.3) is 0 Å². The van der Waals surface area contributed by atoms with Crippen LogP contribution in [0.15, 0.2) is 30.3 Å². The summed E-state index contributed by atoms with van der Waals surface area (Å²) >= 11 is 0. The van der Waals surface area contributed by atoms with Crippen molar-refractivity contribution in [1.29, 1.82) is 0 Å². The van der Waals surface area contributed by atoms with E-state index in [1.54, 1.807) is 0 Å². The molecule has 0 radical (unpaired) electrons. The molecule has 2 heteroatoms. The smallest absolute Gasteiger partial charge is 0.166 e. The molecule has 0 aromatic heterocycles. The molecular weight excluding hydrogens is 210 g/mol. The first-order chi connectivity index (χ1) is 8.15. The molecule has 1 rings (SSSR count). The molecule has 0 fully saturated rings. The molecular formula is C15H23NO. The van der Waals surface area contributed by atoms with Crippen LogP contribution >= 0.6 is 0 Å². The van der Waals surface area contributed by atoms with Crippen LogP contribution in [-0.2, 0) is 0 Å². The van der Waals surface area contributed by atoms with Crippen LogP contribution in [0.4, 0.5) is 0 Å². The standard InChI is InChI=1S/C15H23NO/c1-4-5-11-16(3)12-13(2)15(17)14-9-7-6-8-10-14/h6-10,13H,4-5,11-12H2,1-3H3. The molecule has 1 atom stereocenters. The summed E-state index contributed by atoms with van der Waals surface area (Å²) in [6.45, 7) is 6.11. The highest BCUT2D eigenvalue weighted by atomic mass is 16.1. The van der Waals surface area contributed by atoms with Gasteiger partial charge in [0, 0.05) is 18.0 Å². The molecule has 0 aliphatic carbocycles. The van der Waals surface area contributed by atoms with E-state index in [4.69, 9.17) is 0 Å². The van der Waals surface area contributed by atoms with Crippen LogP contribution < -0.4 is 0 Å². The molecule has 0 amide bonds. The van der Waals surface area contributed by atoms with Crippen LogP contribution in [0, 0.1) is 5.92 Å². The van der Waals surface area contributed by atoms with Crippen molar-refractivity contribution in [2.24, 2.45) is 5.92 Å². The van der Waals surface area contributed by atoms with Gasteiger partial charge in [0.15, 0.2) is 5.78 Å². The summed E-state index contributed by atoms with van der Waals surface area (Å²) in [5, 5.41) is 0. The maximum Gasteiger partial charge on any atom is 0.166 e. The van der Waals surface area contributed by atoms with Gasteiger partial charge in [-0.15, -0.1) is 0 Å². The highest BCUT2D eigenvalue weighted by Crippen LogP contribution is 2.10. The molecule has 0 saturated carbocycles. The van der Waals surface area contributed by atoms with Gasteiger partial charge in [0.05, 0.1) is 0 Å². The summed E-state index contributed by atoms with van der Waals surface area (Å²) in [5.41, 5.74) is 0.823. The van der Waals surface area contributed by atoms with Crippen LogP contribution in [-0.4, -0.2) is 30.8 Å². The molecule has 1 aromatic carbocycles. The van der Waals surface area contributed by atoms with Crippen LogP contribution in [0.3, 0.4) is 0 Å². The lowest BCUT2D eigenvalue weighted by molar-refractivity contribution is 0.0903. The Balaban J connectivity index is 2.47. The van der Waals surface area contributed by atoms with Crippen molar-refractivity contribution in [3.63, 3.8) is 0 Å². The number of Topliss-reactive ketones (excluding diaryl/α,β-unsaturated/α-hetero) is 1. The van der Waals surface area contributed by atoms with Gasteiger partial charge in [-0.1, -0.05) is 50.6 Å². The maximum atomic E-state index is 12.1. The van der Waals surface area contributed by atoms with Gasteiger partial charge in [-0.3, -0.25) is 4.79 Å². The number of carbonyl (C=O) groups is 1. The van der Waals surface area contributed by atoms with Crippen molar-refractivity contribution >= 4 is 5.78 Å². The summed E-state index contributed by atoms with van der Waals surface area (Å²) in [7, 11) is 2.09. The van der Waals surface area contributed by atoms with Gasteiger partial charge in [0.2, 0.25) is 0 Å². The number of hydrogen-bond donors (Lipinski definition) is 0. The highest BCUT2D eigenvalue weighted by Gasteiger charge is 2.16. The zero-order valence-corrected chi connectivity index (χ0v) is 11.1. The minimum atomic E-state index is 0.0688. The zero-order valence-electron chi connectivity index (χ0n) is 11.1. The first-order valence-electron chi connectivity index (χ1n) is 6.43. The highest BCUT2D eigenvalue weighted by molar-refractivity contribution is 5.97. The number of nitrogens with zero attached hydrogens (tertiary/aromatic N) is 1. The first-order valence-corrected chi connectivity index (χ1v) is 6.43. The molecule has 0 aliphatic rings. The Morgan fingerprint density at radius 1 is 1.29 bits per heavy atom. The van der Waals surface area contributed by atoms with Crippen molar-refractivity contribution in [1.82, 2.24) is 4.90 Å². The minimum absolute atomic E-state index is 0.0688. The average Bonchev–Trinajstić information content (AvgIpc) is 2.36. The van der Waals surface area contributed by atoms with Crippen molar-refractivity contribution in [3.8, 4) is 0 Å². The second kappa shape index (κ2) is 7.23. The predicted molar refractivity (Wildman–Crippen MR) is 72.3 cm³/mol. The topological polar surface area (TPSA) is 20.3 Å². The fraction of sp³-hybridized carbons (Fsp3) is 0.533. The maximum absolute atomic E-state index is 12.1. The van der Waals surface area contributed by atoms with E-state index in [0.29, 0.717) is 0 Å². The third kappa shape index (κ3) is 4.70. The summed E-state index contributed by atoms with van der Waals surface area (Å²) in [6.07, 6.45) is 2.40. The van der Waals surface area contributed by atoms with Crippen LogP contribution in [0.5, 0.6) is 0 Å². The molecule has 0 bridgehead atoms. The average molecular weight is 233 g/mol. The molecule has 94 valence electrons. The van der Waals surface area contributed by atoms with Crippen molar-refractivity contribution in [2.75, 3.05) is 20.1 Å². The normalized spacial score (nSPS) is 12.7. The molecule has 1 unspecified atom stereocenters. The molecule has 0 heterocycles. The Bertz CT molecular complexity index is 334. The number of unbranched alkanes of at least 4 members (excludes halogenated alkanes) is 1. The Morgan fingerprint density at radius 2 is 1.94 bits per heavy atom. The molecule has 0 aliphatic heterocycles. The Morgan fingerprint density at radius 3 is 2.53 bits per heavy atom. The van der Waals surface area contributed by atoms with Gasteiger partial charge in [-0.2, -0.15) is 0 Å². The largest absolute Gasteiger partial charge is 0.306 e. The van der Waals surface area contributed by atoms with Crippen molar-refractivity contribution in [3.05, 3.63) is 35.9 Å². The SMILES string of the molecule is CCCCN(C)CC(C)C(=O)c1ccccc1. The zero-order chi connectivity index (χ0) is 12.7. The van der Waals surface area contributed by atoms with Crippen molar-refractivity contribution in [2.45, 2.75) is 26.7 Å². The van der Waals surface area contributed by atoms with Gasteiger partial charge in [0.1, 0.15) is 0 Å². The summed E-state index contributed by atoms with van der Waals surface area (Å²) in [4.78, 5) is 14.4. The number of rotatable bonds is 7. The van der Waals surface area contributed by atoms with E-state index in [1.807, 2.05) is 37.3 Å². The number of ketones is 1. The van der Waals surface area contributed by atoms with Crippen molar-refractivity contribution < 1.29 is 4.79 Å². The lowest BCUT2D eigenvalue weighted by Crippen LogP contribution is -2.29. The third-order valence-corrected chi connectivity index (χ3v) is 2.98. The molecule has 0 spiro atoms. The molecule has 1 aromatic rings. The van der Waals surface area contributed by atoms with E-state index < -0.39 is 0 Å². The van der Waals surface area contributed by atoms with Gasteiger partial charge in [0.25, 0.3) is 0 Å². The lowest BCUT2D eigenvalue weighted by atomic mass is 9.99. The second-order valence-corrected chi connectivity index (χ2v) is 4.75. The number of hydrogen-bond acceptors (Lipinski definition) is 2. The van der Waals surface area contributed by atoms with E-state index in [2.05, 4.69) is 18.9 Å². The quantitative estimate of drug-likeness (QED) is 0.674. The van der Waals surface area contributed by atoms with Gasteiger partial charge < -0.3 is 4.90 Å². The molecule has 0 N–H and O–H groups in total. The Kier molecular flexibility index (Phi) is 5.92. The van der Waals surface area contributed by atoms with Crippen LogP contribution in [0.1, 0.15) is 37.0 Å². The number of carbonyl (C=O) groups excluding carboxylic acids is 1. The van der Waals surface area contributed by atoms with E-state index in [0.717, 1.165) is 18.7 Å². The fourth-order valence-corrected chi connectivity index (χ4v) is 1.96. The van der Waals surface area contributed by atoms with E-state index in [1.165, 1.54) is 12.8 Å². The minimum Gasteiger partial charge on any atom is -0.306 e. The predicted octanol–water partition coefficient (Wildman–Crippen LogP) is 3.24. The molecule has 17 heavy (non-hydrogen) atoms. The van der Waals surface area contributed by atoms with E-state index in [9.17, 15) is 4.79 Å². The third-order valence-electron chi connectivity index (χ3n) is 2.98. The summed E-state index contributed by atoms with van der Waals surface area (Å²) in [5.74, 6) is 0.313. The molecule has 2 nitrogen and oxygen atoms in total.